The molecule has 0 radical (unpaired) electrons. The van der Waals surface area contributed by atoms with Crippen LogP contribution in [0.4, 0.5) is 5.69 Å². The minimum atomic E-state index is -0.199. The van der Waals surface area contributed by atoms with Gasteiger partial charge in [0.15, 0.2) is 0 Å². The second kappa shape index (κ2) is 9.15. The molecule has 3 aliphatic heterocycles. The number of phenolic OH excluding ortho intramolecular Hbond substituents is 1. The fraction of sp³-hybridized carbons (Fsp3) is 0.462. The maximum Gasteiger partial charge on any atom is 0.239 e. The van der Waals surface area contributed by atoms with Crippen LogP contribution in [-0.2, 0) is 22.6 Å². The standard InChI is InChI=1S/C26H32N4O3/c1-28-20(8-11-24(32)30-15-12-19-4-2-3-5-22(19)30)16-27-26(33)25-23(28)13-14-29(25)17-18-6-9-21(31)10-7-18/h2-7,9-10,20,23,25,31H,8,11-17H2,1H3,(H,27,33). The zero-order chi connectivity index (χ0) is 22.9. The number of nitrogens with one attached hydrogen (secondary N) is 1. The van der Waals surface area contributed by atoms with E-state index in [4.69, 9.17) is 0 Å². The number of anilines is 1. The van der Waals surface area contributed by atoms with Crippen LogP contribution in [0.1, 0.15) is 30.4 Å². The van der Waals surface area contributed by atoms with E-state index >= 15 is 0 Å². The van der Waals surface area contributed by atoms with Crippen LogP contribution in [0, 0.1) is 0 Å². The number of carbonyl (C=O) groups excluding carboxylic acids is 2. The molecule has 0 aliphatic carbocycles. The number of benzene rings is 2. The van der Waals surface area contributed by atoms with Gasteiger partial charge < -0.3 is 15.3 Å². The van der Waals surface area contributed by atoms with Crippen LogP contribution in [-0.4, -0.2) is 71.5 Å². The molecule has 33 heavy (non-hydrogen) atoms. The lowest BCUT2D eigenvalue weighted by atomic mass is 10.0. The van der Waals surface area contributed by atoms with Crippen molar-refractivity contribution in [3.63, 3.8) is 0 Å². The molecule has 3 heterocycles. The van der Waals surface area contributed by atoms with Crippen molar-refractivity contribution in [2.24, 2.45) is 0 Å². The SMILES string of the molecule is CN1C(CCC(=O)N2CCc3ccccc32)CNC(=O)C2C1CCN2Cc1ccc(O)cc1. The Hall–Kier alpha value is -2.90. The van der Waals surface area contributed by atoms with Crippen LogP contribution in [0.25, 0.3) is 0 Å². The number of hydrogen-bond donors (Lipinski definition) is 2. The third-order valence-corrected chi connectivity index (χ3v) is 7.55. The van der Waals surface area contributed by atoms with E-state index in [0.29, 0.717) is 19.5 Å². The van der Waals surface area contributed by atoms with Crippen molar-refractivity contribution in [3.05, 3.63) is 59.7 Å². The van der Waals surface area contributed by atoms with Crippen LogP contribution in [0.3, 0.4) is 0 Å². The summed E-state index contributed by atoms with van der Waals surface area (Å²) >= 11 is 0. The topological polar surface area (TPSA) is 76.1 Å². The molecule has 3 unspecified atom stereocenters. The van der Waals surface area contributed by atoms with Gasteiger partial charge in [0, 0.05) is 50.4 Å². The van der Waals surface area contributed by atoms with Crippen molar-refractivity contribution in [1.82, 2.24) is 15.1 Å². The molecular weight excluding hydrogens is 416 g/mol. The Morgan fingerprint density at radius 2 is 1.91 bits per heavy atom. The van der Waals surface area contributed by atoms with Crippen LogP contribution in [0.2, 0.25) is 0 Å². The lowest BCUT2D eigenvalue weighted by Crippen LogP contribution is -2.49. The Kier molecular flexibility index (Phi) is 6.08. The van der Waals surface area contributed by atoms with Crippen LogP contribution in [0.5, 0.6) is 5.75 Å². The number of para-hydroxylation sites is 1. The van der Waals surface area contributed by atoms with E-state index in [1.165, 1.54) is 5.56 Å². The molecule has 2 aromatic rings. The third-order valence-electron chi connectivity index (χ3n) is 7.55. The number of phenols is 1. The average Bonchev–Trinajstić information content (AvgIpc) is 3.41. The summed E-state index contributed by atoms with van der Waals surface area (Å²) in [5.41, 5.74) is 3.37. The number of amides is 2. The molecule has 0 saturated carbocycles. The van der Waals surface area contributed by atoms with Gasteiger partial charge in [-0.15, -0.1) is 0 Å². The molecule has 174 valence electrons. The Morgan fingerprint density at radius 1 is 1.12 bits per heavy atom. The van der Waals surface area contributed by atoms with Gasteiger partial charge in [0.2, 0.25) is 11.8 Å². The van der Waals surface area contributed by atoms with Crippen molar-refractivity contribution >= 4 is 17.5 Å². The first-order valence-corrected chi connectivity index (χ1v) is 11.9. The summed E-state index contributed by atoms with van der Waals surface area (Å²) < 4.78 is 0. The van der Waals surface area contributed by atoms with Crippen molar-refractivity contribution < 1.29 is 14.7 Å². The molecule has 2 N–H and O–H groups in total. The Balaban J connectivity index is 1.22. The molecule has 3 atom stereocenters. The van der Waals surface area contributed by atoms with Crippen LogP contribution >= 0.6 is 0 Å². The van der Waals surface area contributed by atoms with E-state index in [2.05, 4.69) is 28.2 Å². The summed E-state index contributed by atoms with van der Waals surface area (Å²) in [5.74, 6) is 0.492. The van der Waals surface area contributed by atoms with Gasteiger partial charge in [-0.3, -0.25) is 19.4 Å². The van der Waals surface area contributed by atoms with Crippen molar-refractivity contribution in [2.75, 3.05) is 31.6 Å². The Bertz CT molecular complexity index is 1020. The number of likely N-dealkylation sites (tertiary alicyclic amines) is 1. The monoisotopic (exact) mass is 448 g/mol. The van der Waals surface area contributed by atoms with Crippen LogP contribution in [0.15, 0.2) is 48.5 Å². The van der Waals surface area contributed by atoms with Crippen molar-refractivity contribution in [1.29, 1.82) is 0 Å². The minimum absolute atomic E-state index is 0.0745. The van der Waals surface area contributed by atoms with Gasteiger partial charge in [-0.1, -0.05) is 30.3 Å². The molecule has 0 bridgehead atoms. The first-order chi connectivity index (χ1) is 16.0. The number of likely N-dealkylation sites (N-methyl/N-ethyl adjacent to an activating group) is 1. The summed E-state index contributed by atoms with van der Waals surface area (Å²) in [4.78, 5) is 32.5. The summed E-state index contributed by atoms with van der Waals surface area (Å²) in [6.45, 7) is 2.86. The molecule has 2 amide bonds. The smallest absolute Gasteiger partial charge is 0.239 e. The first-order valence-electron chi connectivity index (χ1n) is 11.9. The fourth-order valence-corrected chi connectivity index (χ4v) is 5.68. The molecule has 2 aromatic carbocycles. The van der Waals surface area contributed by atoms with Gasteiger partial charge in [0.05, 0.1) is 0 Å². The second-order valence-corrected chi connectivity index (χ2v) is 9.46. The maximum atomic E-state index is 13.0. The predicted molar refractivity (Wildman–Crippen MR) is 127 cm³/mol. The zero-order valence-corrected chi connectivity index (χ0v) is 19.1. The summed E-state index contributed by atoms with van der Waals surface area (Å²) in [5, 5.41) is 12.7. The minimum Gasteiger partial charge on any atom is -0.508 e. The number of nitrogens with zero attached hydrogens (tertiary/aromatic N) is 3. The van der Waals surface area contributed by atoms with Gasteiger partial charge in [0.1, 0.15) is 11.8 Å². The summed E-state index contributed by atoms with van der Waals surface area (Å²) in [7, 11) is 2.10. The highest BCUT2D eigenvalue weighted by atomic mass is 16.3. The number of aromatic hydroxyl groups is 1. The van der Waals surface area contributed by atoms with Gasteiger partial charge in [-0.2, -0.15) is 0 Å². The Morgan fingerprint density at radius 3 is 2.73 bits per heavy atom. The quantitative estimate of drug-likeness (QED) is 0.733. The van der Waals surface area contributed by atoms with E-state index in [0.717, 1.165) is 43.6 Å². The molecule has 7 nitrogen and oxygen atoms in total. The maximum absolute atomic E-state index is 13.0. The third kappa shape index (κ3) is 4.35. The number of rotatable bonds is 5. The summed E-state index contributed by atoms with van der Waals surface area (Å²) in [6, 6.07) is 15.4. The highest BCUT2D eigenvalue weighted by molar-refractivity contribution is 5.95. The van der Waals surface area contributed by atoms with E-state index in [-0.39, 0.29) is 35.7 Å². The van der Waals surface area contributed by atoms with Crippen molar-refractivity contribution in [3.8, 4) is 5.75 Å². The zero-order valence-electron chi connectivity index (χ0n) is 19.1. The highest BCUT2D eigenvalue weighted by Crippen LogP contribution is 2.31. The lowest BCUT2D eigenvalue weighted by molar-refractivity contribution is -0.126. The molecule has 3 aliphatic rings. The largest absolute Gasteiger partial charge is 0.508 e. The number of hydrogen-bond acceptors (Lipinski definition) is 5. The first kappa shape index (κ1) is 21.9. The Labute approximate surface area is 195 Å². The molecule has 5 rings (SSSR count). The number of fused-ring (bicyclic) bond motifs is 2. The van der Waals surface area contributed by atoms with Crippen molar-refractivity contribution in [2.45, 2.75) is 50.4 Å². The van der Waals surface area contributed by atoms with Gasteiger partial charge in [-0.25, -0.2) is 0 Å². The van der Waals surface area contributed by atoms with Gasteiger partial charge >= 0.3 is 0 Å². The lowest BCUT2D eigenvalue weighted by Gasteiger charge is -2.33. The fourth-order valence-electron chi connectivity index (χ4n) is 5.68. The second-order valence-electron chi connectivity index (χ2n) is 9.46. The molecular formula is C26H32N4O3. The van der Waals surface area contributed by atoms with E-state index in [1.54, 1.807) is 12.1 Å². The van der Waals surface area contributed by atoms with E-state index in [9.17, 15) is 14.7 Å². The molecule has 2 saturated heterocycles. The average molecular weight is 449 g/mol. The molecule has 0 aromatic heterocycles. The number of carbonyl (C=O) groups is 2. The molecule has 7 heteroatoms. The normalized spacial score (nSPS) is 25.4. The van der Waals surface area contributed by atoms with Gasteiger partial charge in [-0.05, 0) is 55.6 Å². The van der Waals surface area contributed by atoms with Gasteiger partial charge in [0.25, 0.3) is 0 Å². The van der Waals surface area contributed by atoms with E-state index in [1.807, 2.05) is 35.2 Å². The predicted octanol–water partition coefficient (Wildman–Crippen LogP) is 2.13. The van der Waals surface area contributed by atoms with Crippen LogP contribution < -0.4 is 10.2 Å². The van der Waals surface area contributed by atoms with E-state index < -0.39 is 0 Å². The molecule has 0 spiro atoms. The molecule has 2 fully saturated rings. The highest BCUT2D eigenvalue weighted by Gasteiger charge is 2.45. The summed E-state index contributed by atoms with van der Waals surface area (Å²) in [6.07, 6.45) is 3.06.